The zero-order valence-electron chi connectivity index (χ0n) is 11.2. The summed E-state index contributed by atoms with van der Waals surface area (Å²) in [6.45, 7) is 0.0625. The zero-order valence-corrected chi connectivity index (χ0v) is 12.0. The van der Waals surface area contributed by atoms with E-state index in [1.165, 1.54) is 24.3 Å². The van der Waals surface area contributed by atoms with E-state index in [1.807, 2.05) is 6.26 Å². The van der Waals surface area contributed by atoms with Gasteiger partial charge in [-0.1, -0.05) is 0 Å². The standard InChI is InChI=1S/C13H18N2O4S/c1-20-8-2-7-14-13(19)15(9-12(17)18)10-3-5-11(16)6-4-10/h3-6,16H,2,7-9H2,1H3,(H,14,19)(H,17,18). The van der Waals surface area contributed by atoms with Crippen molar-refractivity contribution in [2.45, 2.75) is 6.42 Å². The first kappa shape index (κ1) is 16.2. The predicted molar refractivity (Wildman–Crippen MR) is 79.5 cm³/mol. The van der Waals surface area contributed by atoms with Crippen molar-refractivity contribution in [2.24, 2.45) is 0 Å². The molecule has 3 N–H and O–H groups in total. The lowest BCUT2D eigenvalue weighted by Crippen LogP contribution is -2.43. The van der Waals surface area contributed by atoms with Crippen LogP contribution in [-0.2, 0) is 4.79 Å². The molecule has 0 saturated heterocycles. The highest BCUT2D eigenvalue weighted by molar-refractivity contribution is 7.98. The first-order valence-corrected chi connectivity index (χ1v) is 7.49. The van der Waals surface area contributed by atoms with Crippen molar-refractivity contribution in [3.63, 3.8) is 0 Å². The van der Waals surface area contributed by atoms with Gasteiger partial charge < -0.3 is 15.5 Å². The van der Waals surface area contributed by atoms with Crippen LogP contribution < -0.4 is 10.2 Å². The van der Waals surface area contributed by atoms with Gasteiger partial charge >= 0.3 is 12.0 Å². The number of benzene rings is 1. The fourth-order valence-corrected chi connectivity index (χ4v) is 1.99. The largest absolute Gasteiger partial charge is 0.508 e. The second-order valence-electron chi connectivity index (χ2n) is 4.07. The van der Waals surface area contributed by atoms with Crippen LogP contribution in [0.2, 0.25) is 0 Å². The smallest absolute Gasteiger partial charge is 0.323 e. The number of hydrogen-bond acceptors (Lipinski definition) is 4. The number of carboxylic acids is 1. The molecule has 0 aromatic heterocycles. The molecule has 1 aromatic rings. The maximum atomic E-state index is 12.0. The molecular formula is C13H18N2O4S. The van der Waals surface area contributed by atoms with E-state index in [1.54, 1.807) is 11.8 Å². The number of urea groups is 1. The fraction of sp³-hybridized carbons (Fsp3) is 0.385. The van der Waals surface area contributed by atoms with Gasteiger partial charge in [-0.3, -0.25) is 9.69 Å². The number of phenolic OH excluding ortho intramolecular Hbond substituents is 1. The van der Waals surface area contributed by atoms with E-state index in [0.717, 1.165) is 17.1 Å². The van der Waals surface area contributed by atoms with Gasteiger partial charge in [0.1, 0.15) is 12.3 Å². The van der Waals surface area contributed by atoms with E-state index in [0.29, 0.717) is 12.2 Å². The molecule has 1 aromatic carbocycles. The van der Waals surface area contributed by atoms with Gasteiger partial charge in [0, 0.05) is 12.2 Å². The highest BCUT2D eigenvalue weighted by atomic mass is 32.2. The summed E-state index contributed by atoms with van der Waals surface area (Å²) >= 11 is 1.68. The molecule has 0 radical (unpaired) electrons. The van der Waals surface area contributed by atoms with E-state index in [9.17, 15) is 14.7 Å². The number of amides is 2. The first-order chi connectivity index (χ1) is 9.54. The lowest BCUT2D eigenvalue weighted by Gasteiger charge is -2.21. The van der Waals surface area contributed by atoms with E-state index in [-0.39, 0.29) is 5.75 Å². The fourth-order valence-electron chi connectivity index (χ4n) is 1.56. The number of hydrogen-bond donors (Lipinski definition) is 3. The van der Waals surface area contributed by atoms with Crippen LogP contribution in [0, 0.1) is 0 Å². The van der Waals surface area contributed by atoms with Crippen molar-refractivity contribution < 1.29 is 19.8 Å². The Balaban J connectivity index is 2.70. The molecule has 0 saturated carbocycles. The number of carbonyl (C=O) groups excluding carboxylic acids is 1. The summed E-state index contributed by atoms with van der Waals surface area (Å²) < 4.78 is 0. The van der Waals surface area contributed by atoms with Gasteiger partial charge in [0.2, 0.25) is 0 Å². The molecule has 0 heterocycles. The minimum Gasteiger partial charge on any atom is -0.508 e. The van der Waals surface area contributed by atoms with Gasteiger partial charge in [0.25, 0.3) is 0 Å². The molecule has 0 atom stereocenters. The van der Waals surface area contributed by atoms with Crippen molar-refractivity contribution in [3.8, 4) is 5.75 Å². The monoisotopic (exact) mass is 298 g/mol. The number of phenols is 1. The molecule has 20 heavy (non-hydrogen) atoms. The lowest BCUT2D eigenvalue weighted by molar-refractivity contribution is -0.135. The Hall–Kier alpha value is -1.89. The lowest BCUT2D eigenvalue weighted by atomic mass is 10.2. The van der Waals surface area contributed by atoms with E-state index in [4.69, 9.17) is 5.11 Å². The van der Waals surface area contributed by atoms with Gasteiger partial charge in [-0.05, 0) is 42.7 Å². The maximum Gasteiger partial charge on any atom is 0.323 e. The third-order valence-electron chi connectivity index (χ3n) is 2.50. The minimum absolute atomic E-state index is 0.0596. The van der Waals surface area contributed by atoms with E-state index >= 15 is 0 Å². The molecule has 0 bridgehead atoms. The van der Waals surface area contributed by atoms with Crippen molar-refractivity contribution in [3.05, 3.63) is 24.3 Å². The Morgan fingerprint density at radius 3 is 2.50 bits per heavy atom. The first-order valence-electron chi connectivity index (χ1n) is 6.09. The summed E-state index contributed by atoms with van der Waals surface area (Å²) in [7, 11) is 0. The third kappa shape index (κ3) is 5.40. The molecule has 0 spiro atoms. The highest BCUT2D eigenvalue weighted by Crippen LogP contribution is 2.18. The van der Waals surface area contributed by atoms with Crippen LogP contribution >= 0.6 is 11.8 Å². The Morgan fingerprint density at radius 2 is 1.95 bits per heavy atom. The second-order valence-corrected chi connectivity index (χ2v) is 5.06. The molecule has 6 nitrogen and oxygen atoms in total. The Kier molecular flexibility index (Phi) is 6.72. The number of anilines is 1. The number of thioether (sulfide) groups is 1. The molecule has 0 unspecified atom stereocenters. The predicted octanol–water partition coefficient (Wildman–Crippen LogP) is 1.75. The van der Waals surface area contributed by atoms with Gasteiger partial charge in [-0.15, -0.1) is 0 Å². The maximum absolute atomic E-state index is 12.0. The molecule has 2 amide bonds. The molecule has 0 aliphatic heterocycles. The van der Waals surface area contributed by atoms with Gasteiger partial charge in [-0.25, -0.2) is 4.79 Å². The van der Waals surface area contributed by atoms with Crippen molar-refractivity contribution >= 4 is 29.4 Å². The number of nitrogens with zero attached hydrogens (tertiary/aromatic N) is 1. The minimum atomic E-state index is -1.10. The van der Waals surface area contributed by atoms with Gasteiger partial charge in [0.15, 0.2) is 0 Å². The van der Waals surface area contributed by atoms with Crippen molar-refractivity contribution in [1.29, 1.82) is 0 Å². The average Bonchev–Trinajstić information content (AvgIpc) is 2.42. The second kappa shape index (κ2) is 8.31. The third-order valence-corrected chi connectivity index (χ3v) is 3.20. The average molecular weight is 298 g/mol. The number of aliphatic carboxylic acids is 1. The number of nitrogens with one attached hydrogen (secondary N) is 1. The van der Waals surface area contributed by atoms with Crippen LogP contribution in [0.1, 0.15) is 6.42 Å². The zero-order chi connectivity index (χ0) is 15.0. The Bertz CT molecular complexity index is 450. The summed E-state index contributed by atoms with van der Waals surface area (Å²) in [4.78, 5) is 24.0. The quantitative estimate of drug-likeness (QED) is 0.667. The Labute approximate surface area is 121 Å². The van der Waals surface area contributed by atoms with E-state index < -0.39 is 18.5 Å². The van der Waals surface area contributed by atoms with Crippen LogP contribution in [0.15, 0.2) is 24.3 Å². The summed E-state index contributed by atoms with van der Waals surface area (Å²) in [5, 5.41) is 20.8. The summed E-state index contributed by atoms with van der Waals surface area (Å²) in [6, 6.07) is 5.36. The summed E-state index contributed by atoms with van der Waals surface area (Å²) in [5.74, 6) is -0.111. The molecule has 1 rings (SSSR count). The van der Waals surface area contributed by atoms with Crippen LogP contribution in [-0.4, -0.2) is 47.3 Å². The number of carboxylic acid groups (broad SMARTS) is 1. The molecule has 0 fully saturated rings. The van der Waals surface area contributed by atoms with Gasteiger partial charge in [-0.2, -0.15) is 11.8 Å². The number of aromatic hydroxyl groups is 1. The van der Waals surface area contributed by atoms with Crippen molar-refractivity contribution in [2.75, 3.05) is 30.0 Å². The SMILES string of the molecule is CSCCCNC(=O)N(CC(=O)O)c1ccc(O)cc1. The molecular weight excluding hydrogens is 280 g/mol. The highest BCUT2D eigenvalue weighted by Gasteiger charge is 2.18. The normalized spacial score (nSPS) is 10.1. The topological polar surface area (TPSA) is 89.9 Å². The van der Waals surface area contributed by atoms with E-state index in [2.05, 4.69) is 5.32 Å². The summed E-state index contributed by atoms with van der Waals surface area (Å²) in [6.07, 6.45) is 2.80. The molecule has 0 aliphatic rings. The summed E-state index contributed by atoms with van der Waals surface area (Å²) in [5.41, 5.74) is 0.424. The number of rotatable bonds is 7. The molecule has 110 valence electrons. The Morgan fingerprint density at radius 1 is 1.30 bits per heavy atom. The molecule has 0 aliphatic carbocycles. The van der Waals surface area contributed by atoms with Crippen LogP contribution in [0.5, 0.6) is 5.75 Å². The van der Waals surface area contributed by atoms with Crippen LogP contribution in [0.4, 0.5) is 10.5 Å². The number of carbonyl (C=O) groups is 2. The van der Waals surface area contributed by atoms with Crippen molar-refractivity contribution in [1.82, 2.24) is 5.32 Å². The van der Waals surface area contributed by atoms with Crippen LogP contribution in [0.25, 0.3) is 0 Å². The van der Waals surface area contributed by atoms with Crippen LogP contribution in [0.3, 0.4) is 0 Å². The molecule has 7 heteroatoms. The van der Waals surface area contributed by atoms with Gasteiger partial charge in [0.05, 0.1) is 0 Å².